The Kier molecular flexibility index (Phi) is 6.06. The van der Waals surface area contributed by atoms with E-state index in [4.69, 9.17) is 0 Å². The maximum Gasteiger partial charge on any atom is 0.405 e. The highest BCUT2D eigenvalue weighted by Crippen LogP contribution is 2.20. The minimum absolute atomic E-state index is 0.0523. The maximum atomic E-state index is 11.9. The molecule has 0 aromatic rings. The second kappa shape index (κ2) is 7.09. The Morgan fingerprint density at radius 1 is 1.37 bits per heavy atom. The third-order valence-corrected chi connectivity index (χ3v) is 3.65. The summed E-state index contributed by atoms with van der Waals surface area (Å²) in [5, 5.41) is 5.10. The van der Waals surface area contributed by atoms with Crippen LogP contribution in [0, 0.1) is 5.92 Å². The van der Waals surface area contributed by atoms with Crippen molar-refractivity contribution < 1.29 is 18.0 Å². The fraction of sp³-hybridized carbons (Fsp3) is 0.917. The van der Waals surface area contributed by atoms with E-state index in [0.717, 1.165) is 25.9 Å². The van der Waals surface area contributed by atoms with Gasteiger partial charge < -0.3 is 10.6 Å². The van der Waals surface area contributed by atoms with Gasteiger partial charge in [-0.25, -0.2) is 0 Å². The molecule has 0 aromatic carbocycles. The van der Waals surface area contributed by atoms with E-state index in [-0.39, 0.29) is 6.54 Å². The molecule has 19 heavy (non-hydrogen) atoms. The molecular weight excluding hydrogens is 259 g/mol. The van der Waals surface area contributed by atoms with Gasteiger partial charge in [0, 0.05) is 6.04 Å². The number of carbonyl (C=O) groups excluding carboxylic acids is 1. The highest BCUT2D eigenvalue weighted by Gasteiger charge is 2.28. The van der Waals surface area contributed by atoms with Gasteiger partial charge >= 0.3 is 6.18 Å². The monoisotopic (exact) mass is 281 g/mol. The molecule has 1 fully saturated rings. The van der Waals surface area contributed by atoms with Gasteiger partial charge in [-0.3, -0.25) is 9.69 Å². The van der Waals surface area contributed by atoms with Crippen LogP contribution in [0.5, 0.6) is 0 Å². The van der Waals surface area contributed by atoms with Crippen LogP contribution in [-0.4, -0.2) is 56.3 Å². The van der Waals surface area contributed by atoms with E-state index in [1.165, 1.54) is 0 Å². The van der Waals surface area contributed by atoms with Gasteiger partial charge in [-0.05, 0) is 45.8 Å². The molecule has 7 heteroatoms. The Morgan fingerprint density at radius 3 is 2.42 bits per heavy atom. The van der Waals surface area contributed by atoms with Gasteiger partial charge in [-0.2, -0.15) is 13.2 Å². The van der Waals surface area contributed by atoms with Gasteiger partial charge in [0.05, 0.1) is 6.54 Å². The third kappa shape index (κ3) is 6.24. The van der Waals surface area contributed by atoms with Crippen molar-refractivity contribution in [1.29, 1.82) is 0 Å². The molecule has 0 aromatic heterocycles. The van der Waals surface area contributed by atoms with Crippen molar-refractivity contribution in [2.45, 2.75) is 32.0 Å². The summed E-state index contributed by atoms with van der Waals surface area (Å²) in [4.78, 5) is 13.3. The smallest absolute Gasteiger partial charge is 0.346 e. The number of hydrogen-bond acceptors (Lipinski definition) is 3. The van der Waals surface area contributed by atoms with E-state index in [1.54, 1.807) is 0 Å². The maximum absolute atomic E-state index is 11.9. The molecule has 4 nitrogen and oxygen atoms in total. The van der Waals surface area contributed by atoms with Gasteiger partial charge in [0.15, 0.2) is 0 Å². The van der Waals surface area contributed by atoms with Crippen LogP contribution < -0.4 is 10.6 Å². The summed E-state index contributed by atoms with van der Waals surface area (Å²) in [5.41, 5.74) is 0. The van der Waals surface area contributed by atoms with Crippen LogP contribution in [0.1, 0.15) is 19.8 Å². The normalized spacial score (nSPS) is 20.3. The van der Waals surface area contributed by atoms with Crippen molar-refractivity contribution in [2.24, 2.45) is 5.92 Å². The molecule has 1 amide bonds. The van der Waals surface area contributed by atoms with Gasteiger partial charge in [-0.1, -0.05) is 0 Å². The average Bonchev–Trinajstić information content (AvgIpc) is 2.35. The molecule has 0 radical (unpaired) electrons. The van der Waals surface area contributed by atoms with Crippen LogP contribution in [0.2, 0.25) is 0 Å². The summed E-state index contributed by atoms with van der Waals surface area (Å²) in [6, 6.07) is 0.432. The lowest BCUT2D eigenvalue weighted by Gasteiger charge is -2.34. The predicted octanol–water partition coefficient (Wildman–Crippen LogP) is 0.985. The molecule has 0 bridgehead atoms. The number of nitrogens with zero attached hydrogens (tertiary/aromatic N) is 1. The number of rotatable bonds is 5. The summed E-state index contributed by atoms with van der Waals surface area (Å²) in [5.74, 6) is 0.0110. The van der Waals surface area contributed by atoms with E-state index in [9.17, 15) is 18.0 Å². The van der Waals surface area contributed by atoms with Crippen molar-refractivity contribution in [2.75, 3.05) is 33.2 Å². The second-order valence-electron chi connectivity index (χ2n) is 5.08. The van der Waals surface area contributed by atoms with Crippen LogP contribution in [0.4, 0.5) is 13.2 Å². The lowest BCUT2D eigenvalue weighted by atomic mass is 9.90. The highest BCUT2D eigenvalue weighted by molar-refractivity contribution is 5.78. The van der Waals surface area contributed by atoms with Gasteiger partial charge in [-0.15, -0.1) is 0 Å². The SMILES string of the molecule is CNC(C)C1CCN(CC(=O)NCC(F)(F)F)CC1. The molecule has 0 spiro atoms. The summed E-state index contributed by atoms with van der Waals surface area (Å²) in [6.07, 6.45) is -2.41. The van der Waals surface area contributed by atoms with Crippen molar-refractivity contribution in [3.8, 4) is 0 Å². The van der Waals surface area contributed by atoms with Crippen molar-refractivity contribution in [3.05, 3.63) is 0 Å². The second-order valence-corrected chi connectivity index (χ2v) is 5.08. The molecule has 1 aliphatic heterocycles. The Hall–Kier alpha value is -0.820. The Labute approximate surface area is 111 Å². The quantitative estimate of drug-likeness (QED) is 0.790. The number of halogens is 3. The summed E-state index contributed by atoms with van der Waals surface area (Å²) < 4.78 is 35.8. The molecule has 0 aliphatic carbocycles. The standard InChI is InChI=1S/C12H22F3N3O/c1-9(16-2)10-3-5-18(6-4-10)7-11(19)17-8-12(13,14)15/h9-10,16H,3-8H2,1-2H3,(H,17,19). The van der Waals surface area contributed by atoms with Crippen LogP contribution in [0.25, 0.3) is 0 Å². The first-order valence-corrected chi connectivity index (χ1v) is 6.55. The number of nitrogens with one attached hydrogen (secondary N) is 2. The van der Waals surface area contributed by atoms with Crippen LogP contribution in [0.15, 0.2) is 0 Å². The minimum atomic E-state index is -4.34. The van der Waals surface area contributed by atoms with Gasteiger partial charge in [0.25, 0.3) is 0 Å². The largest absolute Gasteiger partial charge is 0.405 e. The van der Waals surface area contributed by atoms with Gasteiger partial charge in [0.2, 0.25) is 5.91 Å². The molecular formula is C12H22F3N3O. The van der Waals surface area contributed by atoms with Crippen LogP contribution in [-0.2, 0) is 4.79 Å². The summed E-state index contributed by atoms with van der Waals surface area (Å²) in [7, 11) is 1.92. The molecule has 1 atom stereocenters. The van der Waals surface area contributed by atoms with Crippen LogP contribution in [0.3, 0.4) is 0 Å². The topological polar surface area (TPSA) is 44.4 Å². The molecule has 2 N–H and O–H groups in total. The van der Waals surface area contributed by atoms with E-state index in [0.29, 0.717) is 12.0 Å². The van der Waals surface area contributed by atoms with E-state index in [1.807, 2.05) is 17.3 Å². The number of piperidine rings is 1. The van der Waals surface area contributed by atoms with E-state index < -0.39 is 18.6 Å². The Balaban J connectivity index is 2.23. The van der Waals surface area contributed by atoms with Crippen LogP contribution >= 0.6 is 0 Å². The summed E-state index contributed by atoms with van der Waals surface area (Å²) in [6.45, 7) is 2.44. The average molecular weight is 281 g/mol. The first-order valence-electron chi connectivity index (χ1n) is 6.55. The van der Waals surface area contributed by atoms with Crippen molar-refractivity contribution >= 4 is 5.91 Å². The number of amides is 1. The number of alkyl halides is 3. The minimum Gasteiger partial charge on any atom is -0.346 e. The van der Waals surface area contributed by atoms with Gasteiger partial charge in [0.1, 0.15) is 6.54 Å². The van der Waals surface area contributed by atoms with E-state index >= 15 is 0 Å². The number of likely N-dealkylation sites (tertiary alicyclic amines) is 1. The number of carbonyl (C=O) groups is 1. The molecule has 1 heterocycles. The fourth-order valence-electron chi connectivity index (χ4n) is 2.30. The highest BCUT2D eigenvalue weighted by atomic mass is 19.4. The Bertz CT molecular complexity index is 288. The lowest BCUT2D eigenvalue weighted by Crippen LogP contribution is -2.46. The van der Waals surface area contributed by atoms with E-state index in [2.05, 4.69) is 12.2 Å². The first-order chi connectivity index (χ1) is 8.81. The molecule has 1 saturated heterocycles. The zero-order valence-electron chi connectivity index (χ0n) is 11.4. The molecule has 1 rings (SSSR count). The molecule has 1 aliphatic rings. The molecule has 1 unspecified atom stereocenters. The third-order valence-electron chi connectivity index (χ3n) is 3.65. The fourth-order valence-corrected chi connectivity index (χ4v) is 2.30. The number of hydrogen-bond donors (Lipinski definition) is 2. The van der Waals surface area contributed by atoms with Crippen molar-refractivity contribution in [1.82, 2.24) is 15.5 Å². The first kappa shape index (κ1) is 16.2. The van der Waals surface area contributed by atoms with Crippen molar-refractivity contribution in [3.63, 3.8) is 0 Å². The zero-order chi connectivity index (χ0) is 14.5. The molecule has 112 valence electrons. The predicted molar refractivity (Wildman–Crippen MR) is 66.8 cm³/mol. The Morgan fingerprint density at radius 2 is 1.95 bits per heavy atom. The zero-order valence-corrected chi connectivity index (χ0v) is 11.4. The summed E-state index contributed by atoms with van der Waals surface area (Å²) >= 11 is 0. The lowest BCUT2D eigenvalue weighted by molar-refractivity contribution is -0.139. The molecule has 0 saturated carbocycles.